The van der Waals surface area contributed by atoms with Crippen LogP contribution < -0.4 is 10.5 Å². The van der Waals surface area contributed by atoms with Crippen molar-refractivity contribution in [1.82, 2.24) is 0 Å². The quantitative estimate of drug-likeness (QED) is 0.797. The Kier molecular flexibility index (Phi) is 3.86. The van der Waals surface area contributed by atoms with Gasteiger partial charge in [0.2, 0.25) is 0 Å². The zero-order valence-electron chi connectivity index (χ0n) is 11.2. The van der Waals surface area contributed by atoms with Crippen LogP contribution in [0, 0.1) is 6.92 Å². The van der Waals surface area contributed by atoms with E-state index in [0.717, 1.165) is 0 Å². The van der Waals surface area contributed by atoms with Gasteiger partial charge in [0.1, 0.15) is 10.6 Å². The van der Waals surface area contributed by atoms with Gasteiger partial charge in [0.05, 0.1) is 11.3 Å². The summed E-state index contributed by atoms with van der Waals surface area (Å²) < 4.78 is 26.9. The number of carbonyl (C=O) groups excluding carboxylic acids is 1. The summed E-state index contributed by atoms with van der Waals surface area (Å²) in [6.45, 7) is 1.70. The summed E-state index contributed by atoms with van der Waals surface area (Å²) in [5.74, 6) is -1.12. The Morgan fingerprint density at radius 1 is 1.19 bits per heavy atom. The molecular weight excluding hydrogens is 292 g/mol. The molecule has 0 aliphatic heterocycles. The maximum atomic E-state index is 12.3. The van der Waals surface area contributed by atoms with Gasteiger partial charge in [-0.15, -0.1) is 0 Å². The van der Waals surface area contributed by atoms with Crippen LogP contribution >= 0.6 is 0 Å². The van der Waals surface area contributed by atoms with E-state index in [-0.39, 0.29) is 21.9 Å². The lowest BCUT2D eigenvalue weighted by molar-refractivity contribution is 0.100. The van der Waals surface area contributed by atoms with Gasteiger partial charge in [-0.25, -0.2) is 8.42 Å². The number of para-hydroxylation sites is 1. The summed E-state index contributed by atoms with van der Waals surface area (Å²) in [6, 6.07) is 10.2. The van der Waals surface area contributed by atoms with Crippen molar-refractivity contribution in [3.05, 3.63) is 53.6 Å². The molecule has 21 heavy (non-hydrogen) atoms. The number of sulfonamides is 1. The van der Waals surface area contributed by atoms with Gasteiger partial charge >= 0.3 is 0 Å². The van der Waals surface area contributed by atoms with Gasteiger partial charge in [0.15, 0.2) is 0 Å². The van der Waals surface area contributed by atoms with Crippen molar-refractivity contribution < 1.29 is 18.3 Å². The summed E-state index contributed by atoms with van der Waals surface area (Å²) in [5, 5.41) is 9.72. The molecule has 0 fully saturated rings. The van der Waals surface area contributed by atoms with E-state index in [9.17, 15) is 18.3 Å². The van der Waals surface area contributed by atoms with Crippen LogP contribution in [0.15, 0.2) is 47.4 Å². The number of nitrogens with two attached hydrogens (primary N) is 1. The number of primary amides is 1. The monoisotopic (exact) mass is 306 g/mol. The number of phenols is 1. The molecule has 0 aliphatic rings. The molecule has 0 spiro atoms. The number of aromatic hydroxyl groups is 1. The van der Waals surface area contributed by atoms with Crippen molar-refractivity contribution >= 4 is 21.6 Å². The van der Waals surface area contributed by atoms with Crippen LogP contribution in [-0.2, 0) is 10.0 Å². The van der Waals surface area contributed by atoms with Crippen molar-refractivity contribution in [2.75, 3.05) is 4.72 Å². The van der Waals surface area contributed by atoms with E-state index < -0.39 is 15.9 Å². The molecule has 4 N–H and O–H groups in total. The second kappa shape index (κ2) is 5.45. The van der Waals surface area contributed by atoms with Crippen LogP contribution in [0.25, 0.3) is 0 Å². The van der Waals surface area contributed by atoms with Crippen molar-refractivity contribution in [3.63, 3.8) is 0 Å². The number of hydrogen-bond donors (Lipinski definition) is 3. The van der Waals surface area contributed by atoms with Crippen molar-refractivity contribution in [2.24, 2.45) is 5.73 Å². The third kappa shape index (κ3) is 3.14. The molecule has 0 saturated heterocycles. The van der Waals surface area contributed by atoms with Crippen molar-refractivity contribution in [2.45, 2.75) is 11.8 Å². The third-order valence-electron chi connectivity index (χ3n) is 2.84. The number of hydrogen-bond acceptors (Lipinski definition) is 4. The second-order valence-electron chi connectivity index (χ2n) is 4.49. The zero-order valence-corrected chi connectivity index (χ0v) is 12.0. The van der Waals surface area contributed by atoms with E-state index in [1.54, 1.807) is 25.1 Å². The Hall–Kier alpha value is -2.54. The van der Waals surface area contributed by atoms with E-state index >= 15 is 0 Å². The average Bonchev–Trinajstić information content (AvgIpc) is 2.41. The molecule has 2 rings (SSSR count). The Morgan fingerprint density at radius 2 is 1.86 bits per heavy atom. The fourth-order valence-electron chi connectivity index (χ4n) is 1.82. The number of benzene rings is 2. The fraction of sp³-hybridized carbons (Fsp3) is 0.0714. The van der Waals surface area contributed by atoms with Gasteiger partial charge in [-0.05, 0) is 36.8 Å². The average molecular weight is 306 g/mol. The first-order chi connectivity index (χ1) is 9.81. The SMILES string of the molecule is Cc1ccc(O)c(S(=O)(=O)Nc2ccccc2C(N)=O)c1. The predicted molar refractivity (Wildman–Crippen MR) is 78.6 cm³/mol. The lowest BCUT2D eigenvalue weighted by Crippen LogP contribution is -2.18. The molecule has 0 unspecified atom stereocenters. The van der Waals surface area contributed by atoms with Crippen molar-refractivity contribution in [1.29, 1.82) is 0 Å². The minimum absolute atomic E-state index is 0.0493. The maximum Gasteiger partial charge on any atom is 0.265 e. The molecule has 0 saturated carbocycles. The molecule has 0 bridgehead atoms. The van der Waals surface area contributed by atoms with Crippen LogP contribution in [0.1, 0.15) is 15.9 Å². The lowest BCUT2D eigenvalue weighted by atomic mass is 10.2. The zero-order chi connectivity index (χ0) is 15.6. The molecule has 6 nitrogen and oxygen atoms in total. The van der Waals surface area contributed by atoms with Gasteiger partial charge in [0.25, 0.3) is 15.9 Å². The lowest BCUT2D eigenvalue weighted by Gasteiger charge is -2.12. The molecule has 0 aromatic heterocycles. The van der Waals surface area contributed by atoms with Gasteiger partial charge in [0, 0.05) is 0 Å². The molecule has 0 heterocycles. The number of nitrogens with one attached hydrogen (secondary N) is 1. The number of carbonyl (C=O) groups is 1. The normalized spacial score (nSPS) is 11.1. The Balaban J connectivity index is 2.48. The maximum absolute atomic E-state index is 12.3. The fourth-order valence-corrected chi connectivity index (χ4v) is 3.09. The molecule has 1 amide bonds. The molecular formula is C14H14N2O4S. The summed E-state index contributed by atoms with van der Waals surface area (Å²) in [6.07, 6.45) is 0. The summed E-state index contributed by atoms with van der Waals surface area (Å²) >= 11 is 0. The van der Waals surface area contributed by atoms with Crippen LogP contribution in [-0.4, -0.2) is 19.4 Å². The van der Waals surface area contributed by atoms with Gasteiger partial charge < -0.3 is 10.8 Å². The highest BCUT2D eigenvalue weighted by Gasteiger charge is 2.21. The van der Waals surface area contributed by atoms with Crippen LogP contribution in [0.3, 0.4) is 0 Å². The third-order valence-corrected chi connectivity index (χ3v) is 4.24. The molecule has 0 atom stereocenters. The number of rotatable bonds is 4. The summed E-state index contributed by atoms with van der Waals surface area (Å²) in [4.78, 5) is 11.0. The van der Waals surface area contributed by atoms with Crippen molar-refractivity contribution in [3.8, 4) is 5.75 Å². The van der Waals surface area contributed by atoms with Crippen LogP contribution in [0.5, 0.6) is 5.75 Å². The van der Waals surface area contributed by atoms with E-state index in [4.69, 9.17) is 5.73 Å². The topological polar surface area (TPSA) is 109 Å². The van der Waals surface area contributed by atoms with E-state index in [1.165, 1.54) is 24.3 Å². The summed E-state index contributed by atoms with van der Waals surface area (Å²) in [7, 11) is -4.03. The first-order valence-corrected chi connectivity index (χ1v) is 7.51. The van der Waals surface area contributed by atoms with Gasteiger partial charge in [-0.3, -0.25) is 9.52 Å². The largest absolute Gasteiger partial charge is 0.507 e. The highest BCUT2D eigenvalue weighted by molar-refractivity contribution is 7.92. The number of amides is 1. The molecule has 7 heteroatoms. The molecule has 0 aliphatic carbocycles. The highest BCUT2D eigenvalue weighted by atomic mass is 32.2. The Labute approximate surface area is 122 Å². The minimum Gasteiger partial charge on any atom is -0.507 e. The predicted octanol–water partition coefficient (Wildman–Crippen LogP) is 1.60. The molecule has 2 aromatic rings. The molecule has 110 valence electrons. The summed E-state index contributed by atoms with van der Waals surface area (Å²) in [5.41, 5.74) is 5.99. The first kappa shape index (κ1) is 14.9. The Bertz CT molecular complexity index is 800. The van der Waals surface area contributed by atoms with Crippen LogP contribution in [0.4, 0.5) is 5.69 Å². The van der Waals surface area contributed by atoms with E-state index in [2.05, 4.69) is 4.72 Å². The Morgan fingerprint density at radius 3 is 2.52 bits per heavy atom. The van der Waals surface area contributed by atoms with E-state index in [0.29, 0.717) is 5.56 Å². The second-order valence-corrected chi connectivity index (χ2v) is 6.14. The number of aryl methyl sites for hydroxylation is 1. The van der Waals surface area contributed by atoms with Gasteiger partial charge in [-0.1, -0.05) is 18.2 Å². The van der Waals surface area contributed by atoms with Gasteiger partial charge in [-0.2, -0.15) is 0 Å². The first-order valence-electron chi connectivity index (χ1n) is 6.02. The van der Waals surface area contributed by atoms with Crippen LogP contribution in [0.2, 0.25) is 0 Å². The minimum atomic E-state index is -4.03. The smallest absolute Gasteiger partial charge is 0.265 e. The highest BCUT2D eigenvalue weighted by Crippen LogP contribution is 2.26. The standard InChI is InChI=1S/C14H14N2O4S/c1-9-6-7-12(17)13(8-9)21(19,20)16-11-5-3-2-4-10(11)14(15)18/h2-8,16-17H,1H3,(H2,15,18). The van der Waals surface area contributed by atoms with E-state index in [1.807, 2.05) is 0 Å². The molecule has 0 radical (unpaired) electrons. The molecule has 2 aromatic carbocycles. The number of anilines is 1. The number of phenolic OH excluding ortho intramolecular Hbond substituents is 1.